The minimum atomic E-state index is 0.520. The van der Waals surface area contributed by atoms with Crippen LogP contribution in [0, 0.1) is 6.92 Å². The Labute approximate surface area is 192 Å². The van der Waals surface area contributed by atoms with Crippen LogP contribution in [0.25, 0.3) is 11.3 Å². The number of ether oxygens (including phenoxy) is 2. The molecule has 3 aromatic heterocycles. The van der Waals surface area contributed by atoms with E-state index in [2.05, 4.69) is 38.6 Å². The molecule has 0 aromatic carbocycles. The number of fused-ring (bicyclic) bond motifs is 3. The lowest BCUT2D eigenvalue weighted by atomic mass is 9.97. The highest BCUT2D eigenvalue weighted by Gasteiger charge is 2.24. The lowest BCUT2D eigenvalue weighted by Crippen LogP contribution is -2.27. The molecule has 6 heterocycles. The summed E-state index contributed by atoms with van der Waals surface area (Å²) in [6.07, 6.45) is 5.56. The van der Waals surface area contributed by atoms with Gasteiger partial charge >= 0.3 is 0 Å². The minimum Gasteiger partial charge on any atom is -0.484 e. The smallest absolute Gasteiger partial charge is 0.257 e. The second-order valence-electron chi connectivity index (χ2n) is 8.82. The van der Waals surface area contributed by atoms with Crippen molar-refractivity contribution in [3.63, 3.8) is 0 Å². The normalized spacial score (nSPS) is 17.3. The summed E-state index contributed by atoms with van der Waals surface area (Å²) in [5.41, 5.74) is 8.33. The van der Waals surface area contributed by atoms with E-state index in [0.717, 1.165) is 66.2 Å². The number of anilines is 2. The Hall–Kier alpha value is -3.30. The minimum absolute atomic E-state index is 0.520. The summed E-state index contributed by atoms with van der Waals surface area (Å²) < 4.78 is 11.5. The van der Waals surface area contributed by atoms with Crippen LogP contribution in [-0.4, -0.2) is 58.2 Å². The van der Waals surface area contributed by atoms with Crippen LogP contribution < -0.4 is 20.1 Å². The van der Waals surface area contributed by atoms with Crippen molar-refractivity contribution in [2.24, 2.45) is 0 Å². The molecule has 9 heteroatoms. The highest BCUT2D eigenvalue weighted by molar-refractivity contribution is 5.72. The summed E-state index contributed by atoms with van der Waals surface area (Å²) in [6.45, 7) is 6.64. The van der Waals surface area contributed by atoms with E-state index in [1.807, 2.05) is 19.3 Å². The van der Waals surface area contributed by atoms with Crippen molar-refractivity contribution >= 4 is 11.6 Å². The van der Waals surface area contributed by atoms with Crippen molar-refractivity contribution in [1.82, 2.24) is 30.2 Å². The molecule has 0 saturated carbocycles. The van der Waals surface area contributed by atoms with Gasteiger partial charge in [0.2, 0.25) is 5.95 Å². The molecule has 0 aliphatic carbocycles. The van der Waals surface area contributed by atoms with Crippen LogP contribution in [0.5, 0.6) is 11.6 Å². The summed E-state index contributed by atoms with van der Waals surface area (Å²) in [5.74, 6) is 1.82. The van der Waals surface area contributed by atoms with Gasteiger partial charge < -0.3 is 25.0 Å². The molecule has 0 unspecified atom stereocenters. The van der Waals surface area contributed by atoms with Crippen molar-refractivity contribution in [3.8, 4) is 22.9 Å². The highest BCUT2D eigenvalue weighted by atomic mass is 16.6. The van der Waals surface area contributed by atoms with Gasteiger partial charge in [-0.25, -0.2) is 15.0 Å². The molecule has 0 radical (unpaired) electrons. The van der Waals surface area contributed by atoms with E-state index in [4.69, 9.17) is 19.4 Å². The number of hydrogen-bond donors (Lipinski definition) is 2. The summed E-state index contributed by atoms with van der Waals surface area (Å²) in [7, 11) is 2.14. The Morgan fingerprint density at radius 1 is 1.06 bits per heavy atom. The maximum absolute atomic E-state index is 5.88. The third-order valence-corrected chi connectivity index (χ3v) is 6.50. The maximum atomic E-state index is 5.88. The molecule has 3 aromatic rings. The second-order valence-corrected chi connectivity index (χ2v) is 8.82. The van der Waals surface area contributed by atoms with E-state index in [1.54, 1.807) is 0 Å². The lowest BCUT2D eigenvalue weighted by Gasteiger charge is -2.25. The number of nitrogens with zero attached hydrogens (tertiary/aromatic N) is 5. The van der Waals surface area contributed by atoms with Crippen LogP contribution in [0.15, 0.2) is 18.5 Å². The van der Waals surface area contributed by atoms with Gasteiger partial charge in [-0.3, -0.25) is 4.98 Å². The second kappa shape index (κ2) is 8.24. The fraction of sp³-hybridized carbons (Fsp3) is 0.417. The number of rotatable bonds is 3. The average Bonchev–Trinajstić information content (AvgIpc) is 2.84. The lowest BCUT2D eigenvalue weighted by molar-refractivity contribution is 0.163. The number of pyridine rings is 2. The van der Waals surface area contributed by atoms with Crippen LogP contribution in [0.1, 0.15) is 28.1 Å². The molecule has 0 amide bonds. The zero-order chi connectivity index (χ0) is 22.4. The molecule has 0 atom stereocenters. The largest absolute Gasteiger partial charge is 0.484 e. The first-order valence-corrected chi connectivity index (χ1v) is 11.4. The number of hydrogen-bond acceptors (Lipinski definition) is 9. The molecule has 6 rings (SSSR count). The third-order valence-electron chi connectivity index (χ3n) is 6.50. The van der Waals surface area contributed by atoms with E-state index in [0.29, 0.717) is 37.3 Å². The van der Waals surface area contributed by atoms with Crippen molar-refractivity contribution < 1.29 is 9.47 Å². The molecular formula is C24H27N7O2. The Kier molecular flexibility index (Phi) is 5.07. The molecule has 33 heavy (non-hydrogen) atoms. The van der Waals surface area contributed by atoms with E-state index in [9.17, 15) is 0 Å². The fourth-order valence-electron chi connectivity index (χ4n) is 4.76. The van der Waals surface area contributed by atoms with Gasteiger partial charge in [-0.05, 0) is 38.6 Å². The molecule has 3 aliphatic rings. The molecule has 0 spiro atoms. The van der Waals surface area contributed by atoms with Gasteiger partial charge in [0.05, 0.1) is 23.3 Å². The van der Waals surface area contributed by atoms with Crippen LogP contribution >= 0.6 is 0 Å². The van der Waals surface area contributed by atoms with Crippen LogP contribution in [0.3, 0.4) is 0 Å². The number of nitrogens with one attached hydrogen (secondary N) is 2. The number of likely N-dealkylation sites (N-methyl/N-ethyl adjacent to an activating group) is 1. The standard InChI is InChI=1S/C24H27N7O2/c1-14-18(11-27-23-22(14)32-7-8-33-23)21-17-3-5-25-12-20(17)29-24(30-21)28-16-9-15-13-31(2)6-4-19(15)26-10-16/h9-11,25H,3-8,12-13H2,1-2H3,(H,28,29,30). The van der Waals surface area contributed by atoms with Crippen molar-refractivity contribution in [2.75, 3.05) is 38.7 Å². The van der Waals surface area contributed by atoms with Gasteiger partial charge in [0.1, 0.15) is 13.2 Å². The maximum Gasteiger partial charge on any atom is 0.257 e. The Morgan fingerprint density at radius 3 is 2.91 bits per heavy atom. The molecular weight excluding hydrogens is 418 g/mol. The van der Waals surface area contributed by atoms with Crippen LogP contribution in [0.4, 0.5) is 11.6 Å². The molecule has 2 N–H and O–H groups in total. The molecule has 3 aliphatic heterocycles. The van der Waals surface area contributed by atoms with Gasteiger partial charge in [-0.2, -0.15) is 0 Å². The highest BCUT2D eigenvalue weighted by Crippen LogP contribution is 2.39. The van der Waals surface area contributed by atoms with Crippen molar-refractivity contribution in [2.45, 2.75) is 32.9 Å². The quantitative estimate of drug-likeness (QED) is 0.630. The molecule has 0 fully saturated rings. The number of aromatic nitrogens is 4. The first kappa shape index (κ1) is 20.3. The monoisotopic (exact) mass is 445 g/mol. The van der Waals surface area contributed by atoms with Gasteiger partial charge in [0.15, 0.2) is 5.75 Å². The predicted octanol–water partition coefficient (Wildman–Crippen LogP) is 2.39. The summed E-state index contributed by atoms with van der Waals surface area (Å²) in [6, 6.07) is 2.16. The Balaban J connectivity index is 1.40. The molecule has 0 saturated heterocycles. The SMILES string of the molecule is Cc1c(-c2nc(Nc3cnc4c(c3)CN(C)CC4)nc3c2CCNC3)cnc2c1OCCO2. The first-order valence-electron chi connectivity index (χ1n) is 11.4. The van der Waals surface area contributed by atoms with Gasteiger partial charge in [0.25, 0.3) is 5.88 Å². The Bertz CT molecular complexity index is 1230. The zero-order valence-corrected chi connectivity index (χ0v) is 18.9. The molecule has 0 bridgehead atoms. The van der Waals surface area contributed by atoms with Crippen LogP contribution in [0.2, 0.25) is 0 Å². The first-order chi connectivity index (χ1) is 16.2. The van der Waals surface area contributed by atoms with E-state index < -0.39 is 0 Å². The predicted molar refractivity (Wildman–Crippen MR) is 124 cm³/mol. The molecule has 170 valence electrons. The van der Waals surface area contributed by atoms with Gasteiger partial charge in [-0.15, -0.1) is 0 Å². The zero-order valence-electron chi connectivity index (χ0n) is 18.9. The van der Waals surface area contributed by atoms with Gasteiger partial charge in [-0.1, -0.05) is 0 Å². The summed E-state index contributed by atoms with van der Waals surface area (Å²) in [4.78, 5) is 21.3. The van der Waals surface area contributed by atoms with E-state index in [-0.39, 0.29) is 0 Å². The molecule has 9 nitrogen and oxygen atoms in total. The summed E-state index contributed by atoms with van der Waals surface area (Å²) in [5, 5.41) is 6.83. The van der Waals surface area contributed by atoms with Crippen molar-refractivity contribution in [3.05, 3.63) is 46.5 Å². The topological polar surface area (TPSA) is 97.3 Å². The van der Waals surface area contributed by atoms with E-state index >= 15 is 0 Å². The van der Waals surface area contributed by atoms with Crippen LogP contribution in [-0.2, 0) is 25.9 Å². The average molecular weight is 446 g/mol. The Morgan fingerprint density at radius 2 is 1.97 bits per heavy atom. The third kappa shape index (κ3) is 3.77. The van der Waals surface area contributed by atoms with Crippen molar-refractivity contribution in [1.29, 1.82) is 0 Å². The summed E-state index contributed by atoms with van der Waals surface area (Å²) >= 11 is 0. The van der Waals surface area contributed by atoms with E-state index in [1.165, 1.54) is 11.3 Å². The van der Waals surface area contributed by atoms with Gasteiger partial charge in [0, 0.05) is 54.6 Å². The fourth-order valence-corrected chi connectivity index (χ4v) is 4.76.